The quantitative estimate of drug-likeness (QED) is 0.894. The molecule has 1 heterocycles. The van der Waals surface area contributed by atoms with Crippen LogP contribution < -0.4 is 19.5 Å². The van der Waals surface area contributed by atoms with Crippen LogP contribution >= 0.6 is 0 Å². The zero-order valence-corrected chi connectivity index (χ0v) is 15.7. The van der Waals surface area contributed by atoms with E-state index in [2.05, 4.69) is 43.4 Å². The molecule has 4 heteroatoms. The fourth-order valence-corrected chi connectivity index (χ4v) is 3.61. The van der Waals surface area contributed by atoms with E-state index < -0.39 is 0 Å². The summed E-state index contributed by atoms with van der Waals surface area (Å²) in [6, 6.07) is 8.76. The van der Waals surface area contributed by atoms with E-state index in [1.54, 1.807) is 14.2 Å². The van der Waals surface area contributed by atoms with E-state index in [1.165, 1.54) is 22.3 Å². The van der Waals surface area contributed by atoms with Crippen molar-refractivity contribution in [3.63, 3.8) is 0 Å². The first-order valence-corrected chi connectivity index (χ1v) is 8.81. The minimum absolute atomic E-state index is 0.151. The van der Waals surface area contributed by atoms with E-state index in [1.807, 2.05) is 6.92 Å². The first-order valence-electron chi connectivity index (χ1n) is 8.81. The maximum Gasteiger partial charge on any atom is 0.161 e. The van der Waals surface area contributed by atoms with Gasteiger partial charge < -0.3 is 19.5 Å². The van der Waals surface area contributed by atoms with Crippen LogP contribution in [0.3, 0.4) is 0 Å². The first kappa shape index (κ1) is 17.6. The lowest BCUT2D eigenvalue weighted by Gasteiger charge is -2.30. The molecule has 1 atom stereocenters. The highest BCUT2D eigenvalue weighted by atomic mass is 16.5. The lowest BCUT2D eigenvalue weighted by molar-refractivity contribution is 0.309. The van der Waals surface area contributed by atoms with Crippen molar-refractivity contribution >= 4 is 0 Å². The smallest absolute Gasteiger partial charge is 0.161 e. The standard InChI is InChI=1S/C21H27NO3/c1-6-25-20-12-17-15(11-19(20)24-5)7-8-22-21(17)16-9-14(3)18(23-4)10-13(16)2/h9-12,21-22H,6-8H2,1-5H3. The number of methoxy groups -OCH3 is 2. The van der Waals surface area contributed by atoms with Gasteiger partial charge in [0.2, 0.25) is 0 Å². The van der Waals surface area contributed by atoms with Crippen LogP contribution in [0.15, 0.2) is 24.3 Å². The van der Waals surface area contributed by atoms with Crippen LogP contribution in [-0.2, 0) is 6.42 Å². The zero-order valence-electron chi connectivity index (χ0n) is 15.7. The van der Waals surface area contributed by atoms with Gasteiger partial charge in [0.1, 0.15) is 5.75 Å². The van der Waals surface area contributed by atoms with Crippen molar-refractivity contribution in [2.75, 3.05) is 27.4 Å². The van der Waals surface area contributed by atoms with Crippen molar-refractivity contribution in [1.29, 1.82) is 0 Å². The number of nitrogens with one attached hydrogen (secondary N) is 1. The number of rotatable bonds is 5. The van der Waals surface area contributed by atoms with Crippen LogP contribution in [0.4, 0.5) is 0 Å². The van der Waals surface area contributed by atoms with Gasteiger partial charge in [-0.1, -0.05) is 6.07 Å². The fourth-order valence-electron chi connectivity index (χ4n) is 3.61. The predicted molar refractivity (Wildman–Crippen MR) is 100 cm³/mol. The SMILES string of the molecule is CCOc1cc2c(cc1OC)CCNC2c1cc(C)c(OC)cc1C. The van der Waals surface area contributed by atoms with Crippen molar-refractivity contribution in [1.82, 2.24) is 5.32 Å². The summed E-state index contributed by atoms with van der Waals surface area (Å²) in [4.78, 5) is 0. The normalized spacial score (nSPS) is 16.3. The largest absolute Gasteiger partial charge is 0.496 e. The molecule has 2 aromatic rings. The summed E-state index contributed by atoms with van der Waals surface area (Å²) in [6.07, 6.45) is 0.989. The number of aryl methyl sites for hydroxylation is 2. The molecule has 1 unspecified atom stereocenters. The summed E-state index contributed by atoms with van der Waals surface area (Å²) < 4.78 is 16.8. The molecule has 0 saturated carbocycles. The minimum Gasteiger partial charge on any atom is -0.496 e. The molecule has 3 rings (SSSR count). The van der Waals surface area contributed by atoms with Gasteiger partial charge in [-0.2, -0.15) is 0 Å². The van der Waals surface area contributed by atoms with Crippen LogP contribution in [-0.4, -0.2) is 27.4 Å². The summed E-state index contributed by atoms with van der Waals surface area (Å²) >= 11 is 0. The Morgan fingerprint density at radius 3 is 2.36 bits per heavy atom. The van der Waals surface area contributed by atoms with Gasteiger partial charge in [0.05, 0.1) is 26.9 Å². The molecule has 0 saturated heterocycles. The van der Waals surface area contributed by atoms with Gasteiger partial charge in [-0.15, -0.1) is 0 Å². The van der Waals surface area contributed by atoms with Gasteiger partial charge in [-0.25, -0.2) is 0 Å². The third-order valence-electron chi connectivity index (χ3n) is 4.87. The van der Waals surface area contributed by atoms with Crippen molar-refractivity contribution in [3.05, 3.63) is 52.1 Å². The molecule has 25 heavy (non-hydrogen) atoms. The molecule has 0 spiro atoms. The number of ether oxygens (including phenoxy) is 3. The Balaban J connectivity index is 2.10. The van der Waals surface area contributed by atoms with E-state index in [0.717, 1.165) is 35.8 Å². The van der Waals surface area contributed by atoms with E-state index >= 15 is 0 Å². The molecule has 0 amide bonds. The molecule has 134 valence electrons. The molecular formula is C21H27NO3. The van der Waals surface area contributed by atoms with Crippen molar-refractivity contribution in [2.45, 2.75) is 33.2 Å². The average molecular weight is 341 g/mol. The van der Waals surface area contributed by atoms with Crippen molar-refractivity contribution in [2.24, 2.45) is 0 Å². The lowest BCUT2D eigenvalue weighted by Crippen LogP contribution is -2.31. The Bertz CT molecular complexity index is 770. The second kappa shape index (κ2) is 7.36. The lowest BCUT2D eigenvalue weighted by atomic mass is 9.86. The highest BCUT2D eigenvalue weighted by molar-refractivity contribution is 5.53. The molecule has 0 aromatic heterocycles. The molecule has 0 aliphatic carbocycles. The average Bonchev–Trinajstić information content (AvgIpc) is 2.62. The molecular weight excluding hydrogens is 314 g/mol. The minimum atomic E-state index is 0.151. The zero-order chi connectivity index (χ0) is 18.0. The van der Waals surface area contributed by atoms with Gasteiger partial charge in [-0.3, -0.25) is 0 Å². The van der Waals surface area contributed by atoms with Crippen LogP contribution in [0.2, 0.25) is 0 Å². The third kappa shape index (κ3) is 3.31. The topological polar surface area (TPSA) is 39.7 Å². The van der Waals surface area contributed by atoms with E-state index in [4.69, 9.17) is 14.2 Å². The second-order valence-corrected chi connectivity index (χ2v) is 6.45. The molecule has 2 aromatic carbocycles. The van der Waals surface area contributed by atoms with Crippen molar-refractivity contribution < 1.29 is 14.2 Å². The highest BCUT2D eigenvalue weighted by Gasteiger charge is 2.25. The Morgan fingerprint density at radius 2 is 1.68 bits per heavy atom. The van der Waals surface area contributed by atoms with Gasteiger partial charge >= 0.3 is 0 Å². The monoisotopic (exact) mass is 341 g/mol. The molecule has 0 fully saturated rings. The summed E-state index contributed by atoms with van der Waals surface area (Å²) in [7, 11) is 3.41. The molecule has 4 nitrogen and oxygen atoms in total. The predicted octanol–water partition coefficient (Wildman–Crippen LogP) is 3.95. The molecule has 0 radical (unpaired) electrons. The first-order chi connectivity index (χ1) is 12.1. The Kier molecular flexibility index (Phi) is 5.19. The number of fused-ring (bicyclic) bond motifs is 1. The van der Waals surface area contributed by atoms with Crippen LogP contribution in [0, 0.1) is 13.8 Å². The molecule has 1 aliphatic rings. The summed E-state index contributed by atoms with van der Waals surface area (Å²) in [5.74, 6) is 2.55. The number of hydrogen-bond donors (Lipinski definition) is 1. The number of hydrogen-bond acceptors (Lipinski definition) is 4. The summed E-state index contributed by atoms with van der Waals surface area (Å²) in [5.41, 5.74) is 6.24. The van der Waals surface area contributed by atoms with E-state index in [0.29, 0.717) is 6.61 Å². The van der Waals surface area contributed by atoms with Crippen LogP contribution in [0.25, 0.3) is 0 Å². The van der Waals surface area contributed by atoms with Gasteiger partial charge in [0, 0.05) is 6.54 Å². The number of benzene rings is 2. The Labute approximate surface area is 150 Å². The molecule has 1 N–H and O–H groups in total. The van der Waals surface area contributed by atoms with Gasteiger partial charge in [-0.05, 0) is 73.2 Å². The van der Waals surface area contributed by atoms with Crippen molar-refractivity contribution in [3.8, 4) is 17.2 Å². The van der Waals surface area contributed by atoms with Gasteiger partial charge in [0.15, 0.2) is 11.5 Å². The summed E-state index contributed by atoms with van der Waals surface area (Å²) in [5, 5.41) is 3.67. The third-order valence-corrected chi connectivity index (χ3v) is 4.87. The maximum atomic E-state index is 5.80. The molecule has 1 aliphatic heterocycles. The van der Waals surface area contributed by atoms with Crippen LogP contribution in [0.5, 0.6) is 17.2 Å². The van der Waals surface area contributed by atoms with Crippen LogP contribution in [0.1, 0.15) is 40.8 Å². The van der Waals surface area contributed by atoms with E-state index in [9.17, 15) is 0 Å². The Morgan fingerprint density at radius 1 is 0.920 bits per heavy atom. The summed E-state index contributed by atoms with van der Waals surface area (Å²) in [6.45, 7) is 7.78. The van der Waals surface area contributed by atoms with Gasteiger partial charge in [0.25, 0.3) is 0 Å². The second-order valence-electron chi connectivity index (χ2n) is 6.45. The molecule has 0 bridgehead atoms. The Hall–Kier alpha value is -2.20. The van der Waals surface area contributed by atoms with E-state index in [-0.39, 0.29) is 6.04 Å². The fraction of sp³-hybridized carbons (Fsp3) is 0.429. The maximum absolute atomic E-state index is 5.80. The highest BCUT2D eigenvalue weighted by Crippen LogP contribution is 2.39.